The van der Waals surface area contributed by atoms with Crippen LogP contribution < -0.4 is 14.8 Å². The number of carbonyl (C=O) groups is 1. The fraction of sp³-hybridized carbons (Fsp3) is 0.436. The molecule has 2 aromatic carbocycles. The Hall–Kier alpha value is -4.51. The lowest BCUT2D eigenvalue weighted by Crippen LogP contribution is -2.52. The molecule has 1 aliphatic heterocycles. The second-order valence-electron chi connectivity index (χ2n) is 13.6. The van der Waals surface area contributed by atoms with Crippen molar-refractivity contribution in [1.82, 2.24) is 25.0 Å². The Bertz CT molecular complexity index is 1930. The summed E-state index contributed by atoms with van der Waals surface area (Å²) in [5, 5.41) is 46.6. The molecule has 0 spiro atoms. The standard InChI is InChI=1S/C39H47ClN6O6/c1-25-30(8-7-9-33(25)37-26(2)44-46(27(37)3)12-6-5-11-45-13-10-32(48)21-45)23-52-36-16-35(51-22-29-14-28(17-41)18-42-19-29)31(15-34(36)40)20-43-39(4,24-47)38(49)50/h7-9,14-16,18-19,32,43,47-48H,5-6,10-13,20-24H2,1-4H3,(H,49,50)/t32-,39?/m0/s1. The molecule has 5 rings (SSSR count). The number of aliphatic hydroxyl groups is 2. The second-order valence-corrected chi connectivity index (χ2v) is 14.0. The van der Waals surface area contributed by atoms with Crippen LogP contribution in [-0.2, 0) is 31.1 Å². The molecule has 4 N–H and O–H groups in total. The first-order valence-corrected chi connectivity index (χ1v) is 17.8. The summed E-state index contributed by atoms with van der Waals surface area (Å²) in [5.41, 5.74) is 6.35. The summed E-state index contributed by atoms with van der Waals surface area (Å²) in [6.45, 7) is 10.9. The fourth-order valence-corrected chi connectivity index (χ4v) is 6.66. The molecule has 0 amide bonds. The molecule has 4 aromatic rings. The molecule has 3 heterocycles. The smallest absolute Gasteiger partial charge is 0.326 e. The number of aromatic nitrogens is 3. The number of nitrogens with one attached hydrogen (secondary N) is 1. The summed E-state index contributed by atoms with van der Waals surface area (Å²) in [5.74, 6) is -0.434. The zero-order chi connectivity index (χ0) is 37.4. The maximum Gasteiger partial charge on any atom is 0.326 e. The zero-order valence-electron chi connectivity index (χ0n) is 30.2. The number of nitrogens with zero attached hydrogens (tertiary/aromatic N) is 5. The van der Waals surface area contributed by atoms with Gasteiger partial charge in [0.2, 0.25) is 0 Å². The lowest BCUT2D eigenvalue weighted by molar-refractivity contribution is -0.145. The van der Waals surface area contributed by atoms with Crippen LogP contribution in [0.2, 0.25) is 5.02 Å². The normalized spacial score (nSPS) is 15.7. The first-order valence-electron chi connectivity index (χ1n) is 17.5. The van der Waals surface area contributed by atoms with Crippen molar-refractivity contribution >= 4 is 17.6 Å². The number of carboxylic acid groups (broad SMARTS) is 1. The van der Waals surface area contributed by atoms with Crippen molar-refractivity contribution in [2.75, 3.05) is 26.2 Å². The highest BCUT2D eigenvalue weighted by Crippen LogP contribution is 2.36. The maximum atomic E-state index is 11.8. The number of ether oxygens (including phenoxy) is 2. The third-order valence-corrected chi connectivity index (χ3v) is 10.0. The van der Waals surface area contributed by atoms with Crippen molar-refractivity contribution in [2.24, 2.45) is 0 Å². The molecule has 13 heteroatoms. The Morgan fingerprint density at radius 1 is 1.10 bits per heavy atom. The van der Waals surface area contributed by atoms with Gasteiger partial charge < -0.3 is 29.7 Å². The van der Waals surface area contributed by atoms with Crippen LogP contribution in [0, 0.1) is 32.1 Å². The van der Waals surface area contributed by atoms with Gasteiger partial charge in [0.25, 0.3) is 0 Å². The molecule has 1 saturated heterocycles. The van der Waals surface area contributed by atoms with E-state index in [-0.39, 0.29) is 25.9 Å². The number of halogens is 1. The van der Waals surface area contributed by atoms with Crippen LogP contribution in [0.25, 0.3) is 11.1 Å². The average molecular weight is 731 g/mol. The van der Waals surface area contributed by atoms with Gasteiger partial charge in [0.15, 0.2) is 0 Å². The first kappa shape index (κ1) is 38.7. The van der Waals surface area contributed by atoms with Crippen molar-refractivity contribution in [3.8, 4) is 28.7 Å². The summed E-state index contributed by atoms with van der Waals surface area (Å²) in [4.78, 5) is 18.2. The van der Waals surface area contributed by atoms with E-state index in [1.165, 1.54) is 13.1 Å². The molecule has 2 aromatic heterocycles. The number of rotatable bonds is 17. The van der Waals surface area contributed by atoms with E-state index in [4.69, 9.17) is 26.2 Å². The number of aryl methyl sites for hydroxylation is 2. The summed E-state index contributed by atoms with van der Waals surface area (Å²) >= 11 is 6.73. The number of pyridine rings is 1. The lowest BCUT2D eigenvalue weighted by atomic mass is 9.95. The minimum absolute atomic E-state index is 0.0330. The molecule has 52 heavy (non-hydrogen) atoms. The van der Waals surface area contributed by atoms with E-state index >= 15 is 0 Å². The van der Waals surface area contributed by atoms with Crippen LogP contribution in [0.1, 0.15) is 65.4 Å². The molecule has 1 aliphatic rings. The van der Waals surface area contributed by atoms with Gasteiger partial charge in [0, 0.05) is 67.0 Å². The third kappa shape index (κ3) is 9.28. The SMILES string of the molecule is Cc1nn(CCCCN2CC[C@H](O)C2)c(C)c1-c1cccc(COc2cc(OCc3cncc(C#N)c3)c(CNC(C)(CO)C(=O)O)cc2Cl)c1C. The minimum atomic E-state index is -1.58. The molecule has 0 saturated carbocycles. The van der Waals surface area contributed by atoms with E-state index in [1.807, 2.05) is 19.1 Å². The van der Waals surface area contributed by atoms with Crippen molar-refractivity contribution in [1.29, 1.82) is 5.26 Å². The number of hydrogen-bond donors (Lipinski definition) is 4. The van der Waals surface area contributed by atoms with Gasteiger partial charge in [-0.2, -0.15) is 10.4 Å². The van der Waals surface area contributed by atoms with Crippen molar-refractivity contribution < 1.29 is 29.6 Å². The molecule has 1 fully saturated rings. The van der Waals surface area contributed by atoms with E-state index in [9.17, 15) is 25.4 Å². The van der Waals surface area contributed by atoms with Crippen LogP contribution in [0.3, 0.4) is 0 Å². The number of unbranched alkanes of at least 4 members (excludes halogenated alkanes) is 1. The predicted molar refractivity (Wildman–Crippen MR) is 197 cm³/mol. The maximum absolute atomic E-state index is 11.8. The number of β-amino-alcohol motifs (C(OH)–C–C–N with tert-alkyl or cyclic N) is 1. The Morgan fingerprint density at radius 2 is 1.87 bits per heavy atom. The number of likely N-dealkylation sites (tertiary alicyclic amines) is 1. The first-order chi connectivity index (χ1) is 24.9. The molecule has 2 atom stereocenters. The van der Waals surface area contributed by atoms with Gasteiger partial charge in [-0.15, -0.1) is 0 Å². The molecule has 0 aliphatic carbocycles. The van der Waals surface area contributed by atoms with Gasteiger partial charge in [-0.3, -0.25) is 19.8 Å². The van der Waals surface area contributed by atoms with E-state index in [2.05, 4.69) is 45.9 Å². The Kier molecular flexibility index (Phi) is 12.9. The molecule has 0 bridgehead atoms. The van der Waals surface area contributed by atoms with Gasteiger partial charge in [0.1, 0.15) is 36.3 Å². The fourth-order valence-electron chi connectivity index (χ4n) is 6.42. The van der Waals surface area contributed by atoms with Gasteiger partial charge in [-0.25, -0.2) is 0 Å². The molecule has 0 radical (unpaired) electrons. The van der Waals surface area contributed by atoms with Crippen molar-refractivity contribution in [2.45, 2.75) is 84.9 Å². The Labute approximate surface area is 309 Å². The number of hydrogen-bond acceptors (Lipinski definition) is 10. The van der Waals surface area contributed by atoms with Crippen molar-refractivity contribution in [3.63, 3.8) is 0 Å². The average Bonchev–Trinajstić information content (AvgIpc) is 3.68. The van der Waals surface area contributed by atoms with Gasteiger partial charge in [0.05, 0.1) is 29.0 Å². The number of aliphatic carboxylic acids is 1. The third-order valence-electron chi connectivity index (χ3n) is 9.71. The van der Waals surface area contributed by atoms with Crippen LogP contribution in [0.15, 0.2) is 48.8 Å². The summed E-state index contributed by atoms with van der Waals surface area (Å²) in [6, 6.07) is 13.2. The molecule has 12 nitrogen and oxygen atoms in total. The van der Waals surface area contributed by atoms with Gasteiger partial charge >= 0.3 is 5.97 Å². The van der Waals surface area contributed by atoms with E-state index < -0.39 is 18.1 Å². The lowest BCUT2D eigenvalue weighted by Gasteiger charge is -2.25. The number of aliphatic hydroxyl groups excluding tert-OH is 2. The summed E-state index contributed by atoms with van der Waals surface area (Å²) < 4.78 is 14.6. The quantitative estimate of drug-likeness (QED) is 0.104. The second kappa shape index (κ2) is 17.3. The summed E-state index contributed by atoms with van der Waals surface area (Å²) in [6.07, 6.45) is 5.79. The topological polar surface area (TPSA) is 166 Å². The van der Waals surface area contributed by atoms with E-state index in [1.54, 1.807) is 24.4 Å². The predicted octanol–water partition coefficient (Wildman–Crippen LogP) is 5.33. The molecular weight excluding hydrogens is 684 g/mol. The molecule has 1 unspecified atom stereocenters. The Morgan fingerprint density at radius 3 is 2.58 bits per heavy atom. The number of nitriles is 1. The van der Waals surface area contributed by atoms with Crippen LogP contribution in [-0.4, -0.2) is 78.8 Å². The summed E-state index contributed by atoms with van der Waals surface area (Å²) in [7, 11) is 0. The van der Waals surface area contributed by atoms with Crippen molar-refractivity contribution in [3.05, 3.63) is 93.0 Å². The molecule has 276 valence electrons. The van der Waals surface area contributed by atoms with Gasteiger partial charge in [-0.1, -0.05) is 29.8 Å². The van der Waals surface area contributed by atoms with E-state index in [0.717, 1.165) is 79.1 Å². The van der Waals surface area contributed by atoms with Crippen LogP contribution in [0.4, 0.5) is 0 Å². The monoisotopic (exact) mass is 730 g/mol. The van der Waals surface area contributed by atoms with E-state index in [0.29, 0.717) is 33.2 Å². The Balaban J connectivity index is 1.32. The highest BCUT2D eigenvalue weighted by Gasteiger charge is 2.32. The highest BCUT2D eigenvalue weighted by atomic mass is 35.5. The zero-order valence-corrected chi connectivity index (χ0v) is 30.9. The number of benzene rings is 2. The number of carboxylic acids is 1. The highest BCUT2D eigenvalue weighted by molar-refractivity contribution is 6.32. The largest absolute Gasteiger partial charge is 0.488 e. The van der Waals surface area contributed by atoms with Gasteiger partial charge in [-0.05, 0) is 82.3 Å². The minimum Gasteiger partial charge on any atom is -0.488 e. The van der Waals surface area contributed by atoms with Crippen LogP contribution in [0.5, 0.6) is 11.5 Å². The molecular formula is C39H47ClN6O6. The van der Waals surface area contributed by atoms with Crippen LogP contribution >= 0.6 is 11.6 Å².